The summed E-state index contributed by atoms with van der Waals surface area (Å²) in [6.45, 7) is 5.67. The van der Waals surface area contributed by atoms with E-state index < -0.39 is 5.60 Å². The van der Waals surface area contributed by atoms with E-state index in [1.54, 1.807) is 13.0 Å². The summed E-state index contributed by atoms with van der Waals surface area (Å²) in [5.74, 6) is 0. The summed E-state index contributed by atoms with van der Waals surface area (Å²) in [4.78, 5) is 0. The van der Waals surface area contributed by atoms with Crippen LogP contribution in [0.5, 0.6) is 0 Å². The highest BCUT2D eigenvalue weighted by Gasteiger charge is 2.19. The van der Waals surface area contributed by atoms with Crippen LogP contribution in [0.4, 0.5) is 0 Å². The third-order valence-electron chi connectivity index (χ3n) is 3.03. The molecule has 98 valence electrons. The molecule has 19 heavy (non-hydrogen) atoms. The topological polar surface area (TPSA) is 20.2 Å². The molecule has 0 amide bonds. The molecular weight excluding hydrogens is 256 g/mol. The lowest BCUT2D eigenvalue weighted by Gasteiger charge is -2.19. The molecule has 0 bridgehead atoms. The van der Waals surface area contributed by atoms with Crippen LogP contribution in [0.15, 0.2) is 53.8 Å². The minimum atomic E-state index is -1.02. The number of hydrogen-bond donors (Lipinski definition) is 1. The van der Waals surface area contributed by atoms with Gasteiger partial charge in [-0.1, -0.05) is 29.8 Å². The second-order valence-corrected chi connectivity index (χ2v) is 5.58. The van der Waals surface area contributed by atoms with Crippen molar-refractivity contribution in [1.82, 2.24) is 0 Å². The molecule has 1 unspecified atom stereocenters. The lowest BCUT2D eigenvalue weighted by molar-refractivity contribution is 0.111. The van der Waals surface area contributed by atoms with E-state index in [2.05, 4.69) is 5.73 Å². The van der Waals surface area contributed by atoms with Gasteiger partial charge in [0.05, 0.1) is 0 Å². The molecule has 0 radical (unpaired) electrons. The SMILES string of the molecule is CC(C)=C=CC(C)(O)c1ccc2cc(Cl)ccc2c1. The van der Waals surface area contributed by atoms with E-state index in [1.165, 1.54) is 0 Å². The molecule has 0 aromatic heterocycles. The molecule has 2 aromatic carbocycles. The van der Waals surface area contributed by atoms with Gasteiger partial charge in [0.1, 0.15) is 5.60 Å². The molecule has 1 N–H and O–H groups in total. The van der Waals surface area contributed by atoms with Gasteiger partial charge in [0.25, 0.3) is 0 Å². The molecule has 1 atom stereocenters. The van der Waals surface area contributed by atoms with Gasteiger partial charge in [-0.2, -0.15) is 0 Å². The highest BCUT2D eigenvalue weighted by atomic mass is 35.5. The van der Waals surface area contributed by atoms with Crippen LogP contribution in [0.25, 0.3) is 10.8 Å². The molecule has 0 saturated carbocycles. The number of halogens is 1. The minimum absolute atomic E-state index is 0.719. The van der Waals surface area contributed by atoms with Gasteiger partial charge in [-0.25, -0.2) is 0 Å². The van der Waals surface area contributed by atoms with Crippen molar-refractivity contribution in [3.05, 3.63) is 64.4 Å². The molecule has 2 aromatic rings. The molecule has 0 aliphatic carbocycles. The second kappa shape index (κ2) is 5.22. The van der Waals surface area contributed by atoms with Crippen LogP contribution in [0, 0.1) is 0 Å². The van der Waals surface area contributed by atoms with Gasteiger partial charge in [-0.15, -0.1) is 5.73 Å². The van der Waals surface area contributed by atoms with Crippen LogP contribution < -0.4 is 0 Å². The van der Waals surface area contributed by atoms with Crippen molar-refractivity contribution in [3.63, 3.8) is 0 Å². The molecule has 0 saturated heterocycles. The van der Waals surface area contributed by atoms with Gasteiger partial charge in [0.2, 0.25) is 0 Å². The second-order valence-electron chi connectivity index (χ2n) is 5.14. The number of hydrogen-bond acceptors (Lipinski definition) is 1. The van der Waals surface area contributed by atoms with Gasteiger partial charge < -0.3 is 5.11 Å². The van der Waals surface area contributed by atoms with Crippen molar-refractivity contribution >= 4 is 22.4 Å². The highest BCUT2D eigenvalue weighted by molar-refractivity contribution is 6.31. The summed E-state index contributed by atoms with van der Waals surface area (Å²) in [6, 6.07) is 11.6. The van der Waals surface area contributed by atoms with Crippen LogP contribution in [0.1, 0.15) is 26.3 Å². The molecule has 1 nitrogen and oxygen atoms in total. The first-order valence-corrected chi connectivity index (χ1v) is 6.59. The smallest absolute Gasteiger partial charge is 0.112 e. The lowest BCUT2D eigenvalue weighted by atomic mass is 9.93. The summed E-state index contributed by atoms with van der Waals surface area (Å²) in [6.07, 6.45) is 1.69. The van der Waals surface area contributed by atoms with E-state index in [4.69, 9.17) is 11.6 Å². The van der Waals surface area contributed by atoms with Crippen LogP contribution in [-0.4, -0.2) is 5.11 Å². The zero-order valence-corrected chi connectivity index (χ0v) is 12.1. The summed E-state index contributed by atoms with van der Waals surface area (Å²) in [7, 11) is 0. The zero-order valence-electron chi connectivity index (χ0n) is 11.4. The summed E-state index contributed by atoms with van der Waals surface area (Å²) in [5.41, 5.74) is 3.92. The first-order chi connectivity index (χ1) is 8.88. The predicted octanol–water partition coefficient (Wildman–Crippen LogP) is 4.82. The number of fused-ring (bicyclic) bond motifs is 1. The Balaban J connectivity index is 2.52. The van der Waals surface area contributed by atoms with Crippen LogP contribution in [0.3, 0.4) is 0 Å². The Labute approximate surface area is 118 Å². The molecule has 0 aliphatic rings. The van der Waals surface area contributed by atoms with E-state index in [0.29, 0.717) is 0 Å². The average molecular weight is 273 g/mol. The van der Waals surface area contributed by atoms with Gasteiger partial charge in [-0.3, -0.25) is 0 Å². The van der Waals surface area contributed by atoms with E-state index in [0.717, 1.165) is 26.9 Å². The predicted molar refractivity (Wildman–Crippen MR) is 81.5 cm³/mol. The summed E-state index contributed by atoms with van der Waals surface area (Å²) in [5, 5.41) is 13.3. The number of rotatable bonds is 2. The first-order valence-electron chi connectivity index (χ1n) is 6.22. The number of benzene rings is 2. The standard InChI is InChI=1S/C17H17ClO/c1-12(2)8-9-17(3,19)15-6-4-14-11-16(18)7-5-13(14)10-15/h4-7,9-11,19H,1-3H3. The average Bonchev–Trinajstić information content (AvgIpc) is 2.36. The minimum Gasteiger partial charge on any atom is -0.381 e. The van der Waals surface area contributed by atoms with Crippen LogP contribution >= 0.6 is 11.6 Å². The maximum Gasteiger partial charge on any atom is 0.112 e. The maximum atomic E-state index is 10.5. The van der Waals surface area contributed by atoms with Crippen molar-refractivity contribution in [3.8, 4) is 0 Å². The third-order valence-corrected chi connectivity index (χ3v) is 3.26. The molecule has 0 heterocycles. The fourth-order valence-electron chi connectivity index (χ4n) is 1.90. The molecule has 2 rings (SSSR count). The Morgan fingerprint density at radius 1 is 1.16 bits per heavy atom. The quantitative estimate of drug-likeness (QED) is 0.777. The maximum absolute atomic E-state index is 10.5. The van der Waals surface area contributed by atoms with Gasteiger partial charge >= 0.3 is 0 Å². The van der Waals surface area contributed by atoms with Gasteiger partial charge in [-0.05, 0) is 67.0 Å². The van der Waals surface area contributed by atoms with Crippen molar-refractivity contribution in [2.75, 3.05) is 0 Å². The van der Waals surface area contributed by atoms with Gasteiger partial charge in [0.15, 0.2) is 0 Å². The molecular formula is C17H17ClO. The van der Waals surface area contributed by atoms with E-state index >= 15 is 0 Å². The third kappa shape index (κ3) is 3.27. The van der Waals surface area contributed by atoms with Crippen molar-refractivity contribution in [2.45, 2.75) is 26.4 Å². The molecule has 0 spiro atoms. The fourth-order valence-corrected chi connectivity index (χ4v) is 2.08. The fraction of sp³-hybridized carbons (Fsp3) is 0.235. The molecule has 2 heteroatoms. The summed E-state index contributed by atoms with van der Waals surface area (Å²) < 4.78 is 0. The highest BCUT2D eigenvalue weighted by Crippen LogP contribution is 2.27. The van der Waals surface area contributed by atoms with E-state index in [1.807, 2.05) is 50.2 Å². The monoisotopic (exact) mass is 272 g/mol. The Morgan fingerprint density at radius 2 is 1.79 bits per heavy atom. The lowest BCUT2D eigenvalue weighted by Crippen LogP contribution is -2.17. The van der Waals surface area contributed by atoms with E-state index in [9.17, 15) is 5.11 Å². The number of aliphatic hydroxyl groups is 1. The summed E-state index contributed by atoms with van der Waals surface area (Å²) >= 11 is 5.96. The van der Waals surface area contributed by atoms with Crippen LogP contribution in [-0.2, 0) is 5.60 Å². The van der Waals surface area contributed by atoms with Crippen molar-refractivity contribution < 1.29 is 5.11 Å². The first kappa shape index (κ1) is 13.9. The molecule has 0 fully saturated rings. The Kier molecular flexibility index (Phi) is 3.82. The molecule has 0 aliphatic heterocycles. The Hall–Kier alpha value is -1.53. The van der Waals surface area contributed by atoms with Crippen molar-refractivity contribution in [2.24, 2.45) is 0 Å². The zero-order chi connectivity index (χ0) is 14.0. The van der Waals surface area contributed by atoms with Crippen molar-refractivity contribution in [1.29, 1.82) is 0 Å². The van der Waals surface area contributed by atoms with Gasteiger partial charge in [0, 0.05) is 5.02 Å². The largest absolute Gasteiger partial charge is 0.381 e. The Bertz CT molecular complexity index is 673. The van der Waals surface area contributed by atoms with Crippen LogP contribution in [0.2, 0.25) is 5.02 Å². The Morgan fingerprint density at radius 3 is 2.47 bits per heavy atom. The van der Waals surface area contributed by atoms with E-state index in [-0.39, 0.29) is 0 Å². The normalized spacial score (nSPS) is 13.7.